The molecule has 1 atom stereocenters. The minimum atomic E-state index is -1.14. The summed E-state index contributed by atoms with van der Waals surface area (Å²) in [4.78, 5) is 11.6. The van der Waals surface area contributed by atoms with Gasteiger partial charge >= 0.3 is 0 Å². The van der Waals surface area contributed by atoms with Crippen molar-refractivity contribution in [3.05, 3.63) is 35.9 Å². The van der Waals surface area contributed by atoms with Gasteiger partial charge in [-0.2, -0.15) is 0 Å². The second kappa shape index (κ2) is 6.59. The molecule has 1 amide bonds. The van der Waals surface area contributed by atoms with E-state index in [-0.39, 0.29) is 12.4 Å². The monoisotopic (exact) mass is 258 g/mol. The molecule has 0 radical (unpaired) electrons. The van der Waals surface area contributed by atoms with Gasteiger partial charge in [0.1, 0.15) is 0 Å². The summed E-state index contributed by atoms with van der Waals surface area (Å²) in [7, 11) is 0. The van der Waals surface area contributed by atoms with E-state index in [9.17, 15) is 9.90 Å². The van der Waals surface area contributed by atoms with Crippen LogP contribution in [0.4, 0.5) is 0 Å². The summed E-state index contributed by atoms with van der Waals surface area (Å²) >= 11 is 0. The number of amides is 1. The van der Waals surface area contributed by atoms with Crippen LogP contribution in [0, 0.1) is 0 Å². The fourth-order valence-electron chi connectivity index (χ4n) is 1.20. The molecule has 0 aliphatic rings. The number of hydrogen-bond acceptors (Lipinski definition) is 3. The first-order chi connectivity index (χ1) is 7.40. The van der Waals surface area contributed by atoms with E-state index in [0.717, 1.165) is 0 Å². The van der Waals surface area contributed by atoms with Crippen LogP contribution >= 0.6 is 12.4 Å². The van der Waals surface area contributed by atoms with Gasteiger partial charge in [0.05, 0.1) is 0 Å². The molecule has 0 heterocycles. The molecule has 1 unspecified atom stereocenters. The maximum Gasteiger partial charge on any atom is 0.253 e. The van der Waals surface area contributed by atoms with E-state index in [1.165, 1.54) is 0 Å². The van der Waals surface area contributed by atoms with Crippen LogP contribution < -0.4 is 11.1 Å². The Morgan fingerprint density at radius 1 is 1.41 bits per heavy atom. The first kappa shape index (κ1) is 15.9. The van der Waals surface area contributed by atoms with Crippen LogP contribution in [-0.4, -0.2) is 23.1 Å². The van der Waals surface area contributed by atoms with Crippen LogP contribution in [0.25, 0.3) is 0 Å². The largest absolute Gasteiger partial charge is 0.378 e. The number of carbonyl (C=O) groups is 1. The second-order valence-corrected chi connectivity index (χ2v) is 4.52. The van der Waals surface area contributed by atoms with Crippen LogP contribution in [0.15, 0.2) is 30.3 Å². The van der Waals surface area contributed by atoms with Gasteiger partial charge in [0.2, 0.25) is 0 Å². The van der Waals surface area contributed by atoms with E-state index in [1.807, 2.05) is 19.9 Å². The van der Waals surface area contributed by atoms with Crippen LogP contribution in [0.2, 0.25) is 0 Å². The van der Waals surface area contributed by atoms with Crippen molar-refractivity contribution in [1.29, 1.82) is 0 Å². The number of aliphatic hydroxyl groups excluding tert-OH is 1. The lowest BCUT2D eigenvalue weighted by Gasteiger charge is -2.20. The molecule has 0 fully saturated rings. The number of hydrogen-bond donors (Lipinski definition) is 3. The first-order valence-corrected chi connectivity index (χ1v) is 5.20. The number of benzene rings is 1. The molecule has 1 aromatic rings. The van der Waals surface area contributed by atoms with Crippen LogP contribution in [0.5, 0.6) is 0 Å². The Hall–Kier alpha value is -1.10. The molecule has 0 spiro atoms. The number of rotatable bonds is 4. The highest BCUT2D eigenvalue weighted by molar-refractivity contribution is 5.85. The Balaban J connectivity index is 0.00000256. The molecule has 0 saturated carbocycles. The zero-order valence-electron chi connectivity index (χ0n) is 10.0. The van der Waals surface area contributed by atoms with Crippen molar-refractivity contribution >= 4 is 18.3 Å². The zero-order valence-corrected chi connectivity index (χ0v) is 10.8. The van der Waals surface area contributed by atoms with Crippen molar-refractivity contribution in [2.24, 2.45) is 5.73 Å². The highest BCUT2D eigenvalue weighted by atomic mass is 35.5. The van der Waals surface area contributed by atoms with Gasteiger partial charge in [0.15, 0.2) is 6.10 Å². The Morgan fingerprint density at radius 3 is 2.41 bits per heavy atom. The van der Waals surface area contributed by atoms with E-state index >= 15 is 0 Å². The molecule has 0 aromatic heterocycles. The Labute approximate surface area is 108 Å². The number of nitrogens with two attached hydrogens (primary N) is 1. The molecule has 1 rings (SSSR count). The van der Waals surface area contributed by atoms with Crippen molar-refractivity contribution in [3.8, 4) is 0 Å². The SMILES string of the molecule is CC(C)(N)CNC(=O)C(O)c1ccccc1.Cl. The van der Waals surface area contributed by atoms with E-state index in [4.69, 9.17) is 5.73 Å². The van der Waals surface area contributed by atoms with Gasteiger partial charge in [-0.25, -0.2) is 0 Å². The minimum absolute atomic E-state index is 0. The molecular formula is C12H19ClN2O2. The van der Waals surface area contributed by atoms with E-state index in [0.29, 0.717) is 12.1 Å². The molecule has 0 aliphatic carbocycles. The molecule has 5 heteroatoms. The number of aliphatic hydroxyl groups is 1. The Morgan fingerprint density at radius 2 is 1.94 bits per heavy atom. The summed E-state index contributed by atoms with van der Waals surface area (Å²) in [6.07, 6.45) is -1.14. The molecule has 0 aliphatic heterocycles. The number of nitrogens with one attached hydrogen (secondary N) is 1. The normalized spacial score (nSPS) is 12.5. The third-order valence-corrected chi connectivity index (χ3v) is 2.08. The molecule has 0 bridgehead atoms. The average Bonchev–Trinajstić information content (AvgIpc) is 2.25. The topological polar surface area (TPSA) is 75.3 Å². The highest BCUT2D eigenvalue weighted by Crippen LogP contribution is 2.11. The summed E-state index contributed by atoms with van der Waals surface area (Å²) in [6, 6.07) is 8.80. The van der Waals surface area contributed by atoms with Crippen molar-refractivity contribution in [2.75, 3.05) is 6.54 Å². The molecule has 4 N–H and O–H groups in total. The fraction of sp³-hybridized carbons (Fsp3) is 0.417. The summed E-state index contributed by atoms with van der Waals surface area (Å²) in [6.45, 7) is 3.94. The van der Waals surface area contributed by atoms with Crippen molar-refractivity contribution in [3.63, 3.8) is 0 Å². The molecule has 1 aromatic carbocycles. The number of halogens is 1. The Kier molecular flexibility index (Phi) is 6.16. The van der Waals surface area contributed by atoms with E-state index in [2.05, 4.69) is 5.32 Å². The van der Waals surface area contributed by atoms with Gasteiger partial charge < -0.3 is 16.2 Å². The quantitative estimate of drug-likeness (QED) is 0.754. The third kappa shape index (κ3) is 5.68. The first-order valence-electron chi connectivity index (χ1n) is 5.20. The van der Waals surface area contributed by atoms with Gasteiger partial charge in [0.25, 0.3) is 5.91 Å². The number of carbonyl (C=O) groups excluding carboxylic acids is 1. The summed E-state index contributed by atoms with van der Waals surface area (Å²) in [5.74, 6) is -0.426. The fourth-order valence-corrected chi connectivity index (χ4v) is 1.20. The Bertz CT molecular complexity index is 349. The van der Waals surface area contributed by atoms with Crippen molar-refractivity contribution < 1.29 is 9.90 Å². The van der Waals surface area contributed by atoms with E-state index in [1.54, 1.807) is 24.3 Å². The standard InChI is InChI=1S/C12H18N2O2.ClH/c1-12(2,13)8-14-11(16)10(15)9-6-4-3-5-7-9;/h3-7,10,15H,8,13H2,1-2H3,(H,14,16);1H. The molecular weight excluding hydrogens is 240 g/mol. The average molecular weight is 259 g/mol. The van der Waals surface area contributed by atoms with Crippen LogP contribution in [-0.2, 0) is 4.79 Å². The second-order valence-electron chi connectivity index (χ2n) is 4.52. The highest BCUT2D eigenvalue weighted by Gasteiger charge is 2.19. The summed E-state index contributed by atoms with van der Waals surface area (Å²) < 4.78 is 0. The van der Waals surface area contributed by atoms with Gasteiger partial charge in [-0.05, 0) is 19.4 Å². The van der Waals surface area contributed by atoms with Crippen LogP contribution in [0.3, 0.4) is 0 Å². The summed E-state index contributed by atoms with van der Waals surface area (Å²) in [5.41, 5.74) is 5.82. The molecule has 17 heavy (non-hydrogen) atoms. The van der Waals surface area contributed by atoms with Crippen LogP contribution in [0.1, 0.15) is 25.5 Å². The van der Waals surface area contributed by atoms with E-state index < -0.39 is 17.6 Å². The lowest BCUT2D eigenvalue weighted by atomic mass is 10.1. The van der Waals surface area contributed by atoms with Gasteiger partial charge in [-0.3, -0.25) is 4.79 Å². The smallest absolute Gasteiger partial charge is 0.253 e. The maximum absolute atomic E-state index is 11.6. The van der Waals surface area contributed by atoms with Crippen molar-refractivity contribution in [2.45, 2.75) is 25.5 Å². The lowest BCUT2D eigenvalue weighted by Crippen LogP contribution is -2.46. The maximum atomic E-state index is 11.6. The van der Waals surface area contributed by atoms with Gasteiger partial charge in [-0.15, -0.1) is 12.4 Å². The summed E-state index contributed by atoms with van der Waals surface area (Å²) in [5, 5.41) is 12.3. The van der Waals surface area contributed by atoms with Gasteiger partial charge in [0, 0.05) is 12.1 Å². The molecule has 0 saturated heterocycles. The van der Waals surface area contributed by atoms with Crippen molar-refractivity contribution in [1.82, 2.24) is 5.32 Å². The predicted molar refractivity (Wildman–Crippen MR) is 69.9 cm³/mol. The predicted octanol–water partition coefficient (Wildman–Crippen LogP) is 0.995. The zero-order chi connectivity index (χ0) is 12.2. The third-order valence-electron chi connectivity index (χ3n) is 2.08. The van der Waals surface area contributed by atoms with Gasteiger partial charge in [-0.1, -0.05) is 30.3 Å². The minimum Gasteiger partial charge on any atom is -0.378 e. The molecule has 96 valence electrons. The lowest BCUT2D eigenvalue weighted by molar-refractivity contribution is -0.129. The molecule has 4 nitrogen and oxygen atoms in total.